The molecule has 4 rings (SSSR count). The standard InChI is InChI=1S/C22H21N3O2/c1-3-25-19-11-10-17(13-16(19)9-12-20(25)26)24-22(27)18-6-4-5-15-8-7-14(2)23-21(15)18/h4-8,10-11,13H,3,9,12H2,1-2H3,(H,24,27). The third-order valence-electron chi connectivity index (χ3n) is 4.96. The zero-order valence-corrected chi connectivity index (χ0v) is 15.5. The molecule has 3 aromatic rings. The first-order valence-corrected chi connectivity index (χ1v) is 9.18. The Morgan fingerprint density at radius 3 is 2.81 bits per heavy atom. The molecule has 5 nitrogen and oxygen atoms in total. The second kappa shape index (κ2) is 6.83. The van der Waals surface area contributed by atoms with E-state index in [1.165, 1.54) is 0 Å². The Labute approximate surface area is 158 Å². The van der Waals surface area contributed by atoms with E-state index in [9.17, 15) is 9.59 Å². The molecule has 1 aromatic heterocycles. The van der Waals surface area contributed by atoms with Crippen molar-refractivity contribution in [1.29, 1.82) is 0 Å². The first kappa shape index (κ1) is 17.2. The number of benzene rings is 2. The molecule has 0 unspecified atom stereocenters. The third kappa shape index (κ3) is 3.16. The Morgan fingerprint density at radius 1 is 1.15 bits per heavy atom. The fourth-order valence-corrected chi connectivity index (χ4v) is 3.61. The molecule has 1 N–H and O–H groups in total. The number of hydrogen-bond donors (Lipinski definition) is 1. The topological polar surface area (TPSA) is 62.3 Å². The molecule has 0 spiro atoms. The normalized spacial score (nSPS) is 13.6. The van der Waals surface area contributed by atoms with E-state index in [2.05, 4.69) is 10.3 Å². The van der Waals surface area contributed by atoms with E-state index in [1.807, 2.05) is 56.3 Å². The maximum atomic E-state index is 12.9. The van der Waals surface area contributed by atoms with Crippen LogP contribution in [0.2, 0.25) is 0 Å². The Morgan fingerprint density at radius 2 is 2.00 bits per heavy atom. The summed E-state index contributed by atoms with van der Waals surface area (Å²) in [6.07, 6.45) is 1.20. The number of aryl methyl sites for hydroxylation is 2. The lowest BCUT2D eigenvalue weighted by Crippen LogP contribution is -2.34. The van der Waals surface area contributed by atoms with Gasteiger partial charge in [-0.2, -0.15) is 0 Å². The second-order valence-electron chi connectivity index (χ2n) is 6.77. The van der Waals surface area contributed by atoms with E-state index >= 15 is 0 Å². The van der Waals surface area contributed by atoms with Crippen LogP contribution in [-0.4, -0.2) is 23.3 Å². The summed E-state index contributed by atoms with van der Waals surface area (Å²) in [5, 5.41) is 3.92. The predicted octanol–water partition coefficient (Wildman–Crippen LogP) is 4.09. The molecular formula is C22H21N3O2. The van der Waals surface area contributed by atoms with E-state index in [0.717, 1.165) is 28.0 Å². The highest BCUT2D eigenvalue weighted by molar-refractivity contribution is 6.12. The van der Waals surface area contributed by atoms with Crippen molar-refractivity contribution in [2.24, 2.45) is 0 Å². The monoisotopic (exact) mass is 359 g/mol. The minimum atomic E-state index is -0.183. The maximum Gasteiger partial charge on any atom is 0.257 e. The number of fused-ring (bicyclic) bond motifs is 2. The lowest BCUT2D eigenvalue weighted by Gasteiger charge is -2.28. The van der Waals surface area contributed by atoms with E-state index in [1.54, 1.807) is 11.0 Å². The van der Waals surface area contributed by atoms with Crippen molar-refractivity contribution in [3.8, 4) is 0 Å². The summed E-state index contributed by atoms with van der Waals surface area (Å²) in [7, 11) is 0. The number of hydrogen-bond acceptors (Lipinski definition) is 3. The zero-order chi connectivity index (χ0) is 19.0. The number of para-hydroxylation sites is 1. The average Bonchev–Trinajstić information content (AvgIpc) is 2.67. The van der Waals surface area contributed by atoms with Crippen LogP contribution in [0.5, 0.6) is 0 Å². The van der Waals surface area contributed by atoms with E-state index in [0.29, 0.717) is 30.5 Å². The smallest absolute Gasteiger partial charge is 0.257 e. The number of nitrogens with zero attached hydrogens (tertiary/aromatic N) is 2. The minimum Gasteiger partial charge on any atom is -0.322 e. The van der Waals surface area contributed by atoms with Crippen LogP contribution in [0.4, 0.5) is 11.4 Å². The fraction of sp³-hybridized carbons (Fsp3) is 0.227. The molecule has 136 valence electrons. The molecule has 1 aliphatic heterocycles. The van der Waals surface area contributed by atoms with Crippen LogP contribution < -0.4 is 10.2 Å². The van der Waals surface area contributed by atoms with Gasteiger partial charge in [0.2, 0.25) is 5.91 Å². The van der Waals surface area contributed by atoms with Gasteiger partial charge >= 0.3 is 0 Å². The fourth-order valence-electron chi connectivity index (χ4n) is 3.61. The Bertz CT molecular complexity index is 1060. The number of anilines is 2. The van der Waals surface area contributed by atoms with Crippen molar-refractivity contribution in [2.45, 2.75) is 26.7 Å². The van der Waals surface area contributed by atoms with Crippen LogP contribution in [0.25, 0.3) is 10.9 Å². The highest BCUT2D eigenvalue weighted by Gasteiger charge is 2.23. The van der Waals surface area contributed by atoms with Gasteiger partial charge in [-0.1, -0.05) is 18.2 Å². The van der Waals surface area contributed by atoms with E-state index in [4.69, 9.17) is 0 Å². The summed E-state index contributed by atoms with van der Waals surface area (Å²) in [6.45, 7) is 4.54. The summed E-state index contributed by atoms with van der Waals surface area (Å²) in [5.41, 5.74) is 4.89. The lowest BCUT2D eigenvalue weighted by atomic mass is 10.0. The van der Waals surface area contributed by atoms with Crippen molar-refractivity contribution in [2.75, 3.05) is 16.8 Å². The summed E-state index contributed by atoms with van der Waals surface area (Å²) < 4.78 is 0. The first-order chi connectivity index (χ1) is 13.1. The van der Waals surface area contributed by atoms with Gasteiger partial charge in [0.05, 0.1) is 11.1 Å². The van der Waals surface area contributed by atoms with E-state index < -0.39 is 0 Å². The van der Waals surface area contributed by atoms with Gasteiger partial charge in [0.25, 0.3) is 5.91 Å². The quantitative estimate of drug-likeness (QED) is 0.766. The zero-order valence-electron chi connectivity index (χ0n) is 15.5. The minimum absolute atomic E-state index is 0.152. The van der Waals surface area contributed by atoms with Crippen molar-refractivity contribution < 1.29 is 9.59 Å². The maximum absolute atomic E-state index is 12.9. The van der Waals surface area contributed by atoms with Gasteiger partial charge in [-0.3, -0.25) is 14.6 Å². The van der Waals surface area contributed by atoms with Crippen molar-refractivity contribution in [3.63, 3.8) is 0 Å². The number of amides is 2. The molecule has 0 radical (unpaired) electrons. The summed E-state index contributed by atoms with van der Waals surface area (Å²) >= 11 is 0. The first-order valence-electron chi connectivity index (χ1n) is 9.18. The van der Waals surface area contributed by atoms with Gasteiger partial charge in [0.15, 0.2) is 0 Å². The number of aromatic nitrogens is 1. The van der Waals surface area contributed by atoms with Gasteiger partial charge in [0.1, 0.15) is 0 Å². The van der Waals surface area contributed by atoms with Gasteiger partial charge in [-0.05, 0) is 56.2 Å². The van der Waals surface area contributed by atoms with Crippen LogP contribution in [-0.2, 0) is 11.2 Å². The van der Waals surface area contributed by atoms with Crippen LogP contribution in [0, 0.1) is 6.92 Å². The van der Waals surface area contributed by atoms with Gasteiger partial charge in [0, 0.05) is 35.4 Å². The number of rotatable bonds is 3. The van der Waals surface area contributed by atoms with Crippen LogP contribution >= 0.6 is 0 Å². The molecule has 27 heavy (non-hydrogen) atoms. The number of pyridine rings is 1. The van der Waals surface area contributed by atoms with Gasteiger partial charge in [-0.25, -0.2) is 0 Å². The molecule has 0 fully saturated rings. The van der Waals surface area contributed by atoms with Gasteiger partial charge < -0.3 is 10.2 Å². The second-order valence-corrected chi connectivity index (χ2v) is 6.77. The van der Waals surface area contributed by atoms with Crippen molar-refractivity contribution in [1.82, 2.24) is 4.98 Å². The average molecular weight is 359 g/mol. The predicted molar refractivity (Wildman–Crippen MR) is 107 cm³/mol. The van der Waals surface area contributed by atoms with Crippen LogP contribution in [0.3, 0.4) is 0 Å². The SMILES string of the molecule is CCN1C(=O)CCc2cc(NC(=O)c3cccc4ccc(C)nc34)ccc21. The lowest BCUT2D eigenvalue weighted by molar-refractivity contribution is -0.118. The molecule has 2 aromatic carbocycles. The van der Waals surface area contributed by atoms with Crippen LogP contribution in [0.15, 0.2) is 48.5 Å². The molecule has 0 aliphatic carbocycles. The molecule has 0 atom stereocenters. The Kier molecular flexibility index (Phi) is 4.36. The van der Waals surface area contributed by atoms with Crippen molar-refractivity contribution in [3.05, 3.63) is 65.4 Å². The summed E-state index contributed by atoms with van der Waals surface area (Å²) in [6, 6.07) is 15.3. The number of nitrogens with one attached hydrogen (secondary N) is 1. The Hall–Kier alpha value is -3.21. The molecule has 0 bridgehead atoms. The van der Waals surface area contributed by atoms with E-state index in [-0.39, 0.29) is 11.8 Å². The molecular weight excluding hydrogens is 338 g/mol. The number of carbonyl (C=O) groups is 2. The largest absolute Gasteiger partial charge is 0.322 e. The highest BCUT2D eigenvalue weighted by Crippen LogP contribution is 2.30. The van der Waals surface area contributed by atoms with Crippen molar-refractivity contribution >= 4 is 34.1 Å². The molecule has 2 amide bonds. The summed E-state index contributed by atoms with van der Waals surface area (Å²) in [5.74, 6) is -0.0307. The molecule has 0 saturated heterocycles. The molecule has 5 heteroatoms. The molecule has 0 saturated carbocycles. The Balaban J connectivity index is 1.65. The highest BCUT2D eigenvalue weighted by atomic mass is 16.2. The molecule has 1 aliphatic rings. The molecule has 2 heterocycles. The summed E-state index contributed by atoms with van der Waals surface area (Å²) in [4.78, 5) is 31.2. The number of carbonyl (C=O) groups excluding carboxylic acids is 2. The van der Waals surface area contributed by atoms with Crippen LogP contribution in [0.1, 0.15) is 35.0 Å². The third-order valence-corrected chi connectivity index (χ3v) is 4.96. The van der Waals surface area contributed by atoms with Gasteiger partial charge in [-0.15, -0.1) is 0 Å².